The number of hydrazine groups is 1. The lowest BCUT2D eigenvalue weighted by Crippen LogP contribution is -2.34. The molecule has 2 nitrogen and oxygen atoms in total. The minimum absolute atomic E-state index is 0.336. The summed E-state index contributed by atoms with van der Waals surface area (Å²) in [6.45, 7) is 6.31. The minimum Gasteiger partial charge on any atom is -0.255 e. The summed E-state index contributed by atoms with van der Waals surface area (Å²) in [6, 6.07) is 0. The Labute approximate surface area is 67.2 Å². The van der Waals surface area contributed by atoms with Gasteiger partial charge in [-0.05, 0) is 12.5 Å². The largest absolute Gasteiger partial charge is 0.255 e. The van der Waals surface area contributed by atoms with Gasteiger partial charge in [0.25, 0.3) is 0 Å². The average molecular weight is 158 g/mol. The van der Waals surface area contributed by atoms with Crippen molar-refractivity contribution in [1.82, 2.24) is 10.9 Å². The molecular formula is C8H15FN2. The summed E-state index contributed by atoms with van der Waals surface area (Å²) in [5.41, 5.74) is 6.51. The molecule has 11 heavy (non-hydrogen) atoms. The van der Waals surface area contributed by atoms with Gasteiger partial charge in [0.15, 0.2) is 0 Å². The molecule has 0 spiro atoms. The van der Waals surface area contributed by atoms with Crippen molar-refractivity contribution < 1.29 is 4.39 Å². The van der Waals surface area contributed by atoms with Crippen LogP contribution in [0.4, 0.5) is 4.39 Å². The van der Waals surface area contributed by atoms with Crippen molar-refractivity contribution in [3.8, 4) is 0 Å². The molecule has 0 amide bonds. The van der Waals surface area contributed by atoms with E-state index in [0.29, 0.717) is 13.1 Å². The molecule has 0 aliphatic heterocycles. The van der Waals surface area contributed by atoms with Gasteiger partial charge < -0.3 is 0 Å². The highest BCUT2D eigenvalue weighted by molar-refractivity contribution is 5.14. The Kier molecular flexibility index (Phi) is 6.98. The molecular weight excluding hydrogens is 143 g/mol. The predicted molar refractivity (Wildman–Crippen MR) is 45.9 cm³/mol. The Balaban J connectivity index is 3.17. The monoisotopic (exact) mass is 158 g/mol. The van der Waals surface area contributed by atoms with E-state index in [9.17, 15) is 4.39 Å². The van der Waals surface area contributed by atoms with Crippen molar-refractivity contribution in [2.75, 3.05) is 19.8 Å². The fourth-order valence-electron chi connectivity index (χ4n) is 0.606. The third-order valence-electron chi connectivity index (χ3n) is 1.06. The van der Waals surface area contributed by atoms with Crippen LogP contribution >= 0.6 is 0 Å². The Morgan fingerprint density at radius 2 is 2.27 bits per heavy atom. The topological polar surface area (TPSA) is 24.1 Å². The third kappa shape index (κ3) is 7.22. The van der Waals surface area contributed by atoms with E-state index in [0.717, 1.165) is 5.57 Å². The summed E-state index contributed by atoms with van der Waals surface area (Å²) in [5, 5.41) is 0. The van der Waals surface area contributed by atoms with Gasteiger partial charge in [0.2, 0.25) is 0 Å². The van der Waals surface area contributed by atoms with Crippen LogP contribution in [0.3, 0.4) is 0 Å². The Bertz CT molecular complexity index is 132. The first kappa shape index (κ1) is 10.3. The molecule has 0 atom stereocenters. The first-order chi connectivity index (χ1) is 5.31. The number of hydrogen-bond acceptors (Lipinski definition) is 2. The fraction of sp³-hybridized carbons (Fsp3) is 0.500. The van der Waals surface area contributed by atoms with Gasteiger partial charge in [-0.3, -0.25) is 10.9 Å². The van der Waals surface area contributed by atoms with Gasteiger partial charge in [-0.2, -0.15) is 0 Å². The van der Waals surface area contributed by atoms with Gasteiger partial charge in [0, 0.05) is 13.1 Å². The molecule has 2 N–H and O–H groups in total. The minimum atomic E-state index is -0.358. The van der Waals surface area contributed by atoms with Crippen molar-refractivity contribution in [2.45, 2.75) is 6.92 Å². The van der Waals surface area contributed by atoms with Gasteiger partial charge >= 0.3 is 0 Å². The van der Waals surface area contributed by atoms with Crippen LogP contribution in [0, 0.1) is 0 Å². The zero-order valence-corrected chi connectivity index (χ0v) is 6.86. The number of nitrogens with one attached hydrogen (secondary N) is 2. The summed E-state index contributed by atoms with van der Waals surface area (Å²) in [4.78, 5) is 0. The molecule has 0 bridgehead atoms. The van der Waals surface area contributed by atoms with E-state index in [1.54, 1.807) is 0 Å². The first-order valence-corrected chi connectivity index (χ1v) is 3.63. The highest BCUT2D eigenvalue weighted by atomic mass is 19.1. The summed E-state index contributed by atoms with van der Waals surface area (Å²) in [5.74, 6) is 0. The normalized spacial score (nSPS) is 10.7. The van der Waals surface area contributed by atoms with E-state index >= 15 is 0 Å². The molecule has 0 rings (SSSR count). The van der Waals surface area contributed by atoms with Crippen LogP contribution in [0.2, 0.25) is 0 Å². The average Bonchev–Trinajstić information content (AvgIpc) is 1.99. The highest BCUT2D eigenvalue weighted by Gasteiger charge is 1.86. The number of rotatable bonds is 6. The number of alkyl halides is 1. The summed E-state index contributed by atoms with van der Waals surface area (Å²) in [6.07, 6.45) is 3.82. The SMILES string of the molecule is C=C(C=CC)CNNCCF. The van der Waals surface area contributed by atoms with Gasteiger partial charge in [-0.1, -0.05) is 18.7 Å². The molecule has 3 heteroatoms. The van der Waals surface area contributed by atoms with Crippen LogP contribution in [-0.4, -0.2) is 19.8 Å². The lowest BCUT2D eigenvalue weighted by Gasteiger charge is -2.03. The fourth-order valence-corrected chi connectivity index (χ4v) is 0.606. The van der Waals surface area contributed by atoms with Crippen LogP contribution in [0.5, 0.6) is 0 Å². The maximum absolute atomic E-state index is 11.5. The maximum atomic E-state index is 11.5. The Morgan fingerprint density at radius 3 is 2.82 bits per heavy atom. The first-order valence-electron chi connectivity index (χ1n) is 3.63. The van der Waals surface area contributed by atoms with Crippen molar-refractivity contribution in [3.05, 3.63) is 24.3 Å². The van der Waals surface area contributed by atoms with E-state index in [1.807, 2.05) is 19.1 Å². The van der Waals surface area contributed by atoms with E-state index in [-0.39, 0.29) is 6.67 Å². The molecule has 0 saturated heterocycles. The second kappa shape index (κ2) is 7.44. The van der Waals surface area contributed by atoms with Gasteiger partial charge in [0.1, 0.15) is 6.67 Å². The highest BCUT2D eigenvalue weighted by Crippen LogP contribution is 1.87. The van der Waals surface area contributed by atoms with E-state index in [1.165, 1.54) is 0 Å². The molecule has 0 saturated carbocycles. The lowest BCUT2D eigenvalue weighted by molar-refractivity contribution is 0.439. The van der Waals surface area contributed by atoms with Crippen molar-refractivity contribution in [1.29, 1.82) is 0 Å². The summed E-state index contributed by atoms with van der Waals surface area (Å²) < 4.78 is 11.5. The zero-order chi connectivity index (χ0) is 8.53. The molecule has 0 heterocycles. The predicted octanol–water partition coefficient (Wildman–Crippen LogP) is 1.18. The van der Waals surface area contributed by atoms with Crippen molar-refractivity contribution >= 4 is 0 Å². The van der Waals surface area contributed by atoms with Crippen LogP contribution in [0.15, 0.2) is 24.3 Å². The molecule has 0 aliphatic carbocycles. The summed E-state index contributed by atoms with van der Waals surface area (Å²) >= 11 is 0. The molecule has 0 unspecified atom stereocenters. The van der Waals surface area contributed by atoms with Crippen LogP contribution in [0.1, 0.15) is 6.92 Å². The van der Waals surface area contributed by atoms with E-state index in [4.69, 9.17) is 0 Å². The maximum Gasteiger partial charge on any atom is 0.103 e. The van der Waals surface area contributed by atoms with Gasteiger partial charge in [-0.25, -0.2) is 4.39 Å². The number of hydrogen-bond donors (Lipinski definition) is 2. The second-order valence-corrected chi connectivity index (χ2v) is 2.13. The van der Waals surface area contributed by atoms with Crippen LogP contribution < -0.4 is 10.9 Å². The molecule has 0 radical (unpaired) electrons. The lowest BCUT2D eigenvalue weighted by atomic mass is 10.3. The van der Waals surface area contributed by atoms with Crippen molar-refractivity contribution in [2.24, 2.45) is 0 Å². The third-order valence-corrected chi connectivity index (χ3v) is 1.06. The van der Waals surface area contributed by atoms with Gasteiger partial charge in [-0.15, -0.1) is 0 Å². The molecule has 0 fully saturated rings. The van der Waals surface area contributed by atoms with Crippen LogP contribution in [-0.2, 0) is 0 Å². The molecule has 64 valence electrons. The van der Waals surface area contributed by atoms with Gasteiger partial charge in [0.05, 0.1) is 0 Å². The molecule has 0 aromatic carbocycles. The molecule has 0 aliphatic rings. The standard InChI is InChI=1S/C8H15FN2/c1-3-4-8(2)7-11-10-6-5-9/h3-4,10-11H,2,5-7H2,1H3. The smallest absolute Gasteiger partial charge is 0.103 e. The molecule has 0 aromatic heterocycles. The Morgan fingerprint density at radius 1 is 1.55 bits per heavy atom. The number of allylic oxidation sites excluding steroid dienone is 1. The van der Waals surface area contributed by atoms with E-state index < -0.39 is 0 Å². The second-order valence-electron chi connectivity index (χ2n) is 2.13. The Hall–Kier alpha value is -0.670. The summed E-state index contributed by atoms with van der Waals surface area (Å²) in [7, 11) is 0. The van der Waals surface area contributed by atoms with Crippen molar-refractivity contribution in [3.63, 3.8) is 0 Å². The zero-order valence-electron chi connectivity index (χ0n) is 6.86. The van der Waals surface area contributed by atoms with Crippen LogP contribution in [0.25, 0.3) is 0 Å². The number of halogens is 1. The quantitative estimate of drug-likeness (QED) is 0.344. The van der Waals surface area contributed by atoms with E-state index in [2.05, 4.69) is 17.4 Å². The molecule has 0 aromatic rings.